The lowest BCUT2D eigenvalue weighted by atomic mass is 9.78. The van der Waals surface area contributed by atoms with Gasteiger partial charge in [0.1, 0.15) is 0 Å². The van der Waals surface area contributed by atoms with Gasteiger partial charge in [-0.3, -0.25) is 0 Å². The molecule has 5 aromatic rings. The van der Waals surface area contributed by atoms with Crippen molar-refractivity contribution in [2.45, 2.75) is 45.4 Å². The van der Waals surface area contributed by atoms with E-state index in [2.05, 4.69) is 120 Å². The molecule has 0 saturated heterocycles. The van der Waals surface area contributed by atoms with Crippen LogP contribution in [0.5, 0.6) is 0 Å². The Bertz CT molecular complexity index is 1560. The SMILES string of the molecule is CC(C)(C)c1cc(-c2nc3ccccc3c3c2C(C)(C)c2ccccc2-3)cc2ccccc12. The number of rotatable bonds is 1. The third-order valence-electron chi connectivity index (χ3n) is 7.33. The minimum atomic E-state index is -0.119. The smallest absolute Gasteiger partial charge is 0.0757 e. The van der Waals surface area contributed by atoms with Crippen molar-refractivity contribution >= 4 is 21.7 Å². The van der Waals surface area contributed by atoms with Crippen LogP contribution in [0.25, 0.3) is 44.1 Å². The molecule has 1 heteroatoms. The summed E-state index contributed by atoms with van der Waals surface area (Å²) in [5, 5.41) is 3.84. The van der Waals surface area contributed by atoms with Gasteiger partial charge in [0, 0.05) is 16.4 Å². The van der Waals surface area contributed by atoms with Crippen LogP contribution in [0.4, 0.5) is 0 Å². The monoisotopic (exact) mass is 427 g/mol. The number of hydrogen-bond acceptors (Lipinski definition) is 1. The molecule has 1 aliphatic rings. The molecule has 1 nitrogen and oxygen atoms in total. The average Bonchev–Trinajstić information content (AvgIpc) is 3.05. The number of benzene rings is 4. The lowest BCUT2D eigenvalue weighted by molar-refractivity contribution is 0.596. The zero-order valence-corrected chi connectivity index (χ0v) is 20.0. The van der Waals surface area contributed by atoms with Gasteiger partial charge in [0.2, 0.25) is 0 Å². The summed E-state index contributed by atoms with van der Waals surface area (Å²) in [4.78, 5) is 5.33. The van der Waals surface area contributed by atoms with Gasteiger partial charge in [0.25, 0.3) is 0 Å². The Morgan fingerprint density at radius 1 is 0.727 bits per heavy atom. The van der Waals surface area contributed by atoms with Crippen molar-refractivity contribution in [3.63, 3.8) is 0 Å². The molecule has 0 N–H and O–H groups in total. The second-order valence-corrected chi connectivity index (χ2v) is 10.9. The minimum Gasteiger partial charge on any atom is -0.247 e. The molecule has 1 aliphatic carbocycles. The van der Waals surface area contributed by atoms with Crippen molar-refractivity contribution in [2.75, 3.05) is 0 Å². The van der Waals surface area contributed by atoms with E-state index < -0.39 is 0 Å². The first-order chi connectivity index (χ1) is 15.8. The van der Waals surface area contributed by atoms with Crippen molar-refractivity contribution < 1.29 is 0 Å². The number of hydrogen-bond donors (Lipinski definition) is 0. The van der Waals surface area contributed by atoms with Gasteiger partial charge in [-0.05, 0) is 62.2 Å². The fourth-order valence-corrected chi connectivity index (χ4v) is 5.76. The average molecular weight is 428 g/mol. The van der Waals surface area contributed by atoms with Gasteiger partial charge in [-0.2, -0.15) is 0 Å². The Hall–Kier alpha value is -3.45. The van der Waals surface area contributed by atoms with Crippen LogP contribution in [0.1, 0.15) is 51.3 Å². The maximum atomic E-state index is 5.33. The normalized spacial score (nSPS) is 14.5. The standard InChI is InChI=1S/C32H29N/c1-31(2,3)26-19-21(18-20-12-6-7-13-22(20)26)30-29-28(24-15-9-11-17-27(24)33-30)23-14-8-10-16-25(23)32(29,4)5/h6-19H,1-5H3. The Labute approximate surface area is 196 Å². The first-order valence-electron chi connectivity index (χ1n) is 11.8. The van der Waals surface area contributed by atoms with E-state index in [1.807, 2.05) is 0 Å². The maximum absolute atomic E-state index is 5.33. The van der Waals surface area contributed by atoms with Crippen LogP contribution in [-0.4, -0.2) is 4.98 Å². The Balaban J connectivity index is 1.77. The van der Waals surface area contributed by atoms with Crippen molar-refractivity contribution in [1.82, 2.24) is 4.98 Å². The van der Waals surface area contributed by atoms with E-state index in [1.165, 1.54) is 49.5 Å². The van der Waals surface area contributed by atoms with E-state index >= 15 is 0 Å². The summed E-state index contributed by atoms with van der Waals surface area (Å²) < 4.78 is 0. The van der Waals surface area contributed by atoms with E-state index in [1.54, 1.807) is 0 Å². The van der Waals surface area contributed by atoms with E-state index in [9.17, 15) is 0 Å². The van der Waals surface area contributed by atoms with Crippen LogP contribution in [0.2, 0.25) is 0 Å². The summed E-state index contributed by atoms with van der Waals surface area (Å²) in [5.41, 5.74) is 10.1. The highest BCUT2D eigenvalue weighted by Crippen LogP contribution is 2.54. The quantitative estimate of drug-likeness (QED) is 0.261. The van der Waals surface area contributed by atoms with Crippen LogP contribution in [-0.2, 0) is 10.8 Å². The van der Waals surface area contributed by atoms with Crippen LogP contribution in [0, 0.1) is 0 Å². The molecule has 0 atom stereocenters. The molecule has 0 fully saturated rings. The summed E-state index contributed by atoms with van der Waals surface area (Å²) >= 11 is 0. The molecule has 4 aromatic carbocycles. The summed E-state index contributed by atoms with van der Waals surface area (Å²) in [7, 11) is 0. The lowest BCUT2D eigenvalue weighted by Gasteiger charge is -2.26. The van der Waals surface area contributed by atoms with E-state index in [0.717, 1.165) is 11.2 Å². The predicted molar refractivity (Wildman–Crippen MR) is 141 cm³/mol. The number of pyridine rings is 1. The summed E-state index contributed by atoms with van der Waals surface area (Å²) in [6.45, 7) is 11.6. The molecule has 1 aromatic heterocycles. The second-order valence-electron chi connectivity index (χ2n) is 10.9. The van der Waals surface area contributed by atoms with Crippen LogP contribution >= 0.6 is 0 Å². The highest BCUT2D eigenvalue weighted by molar-refractivity contribution is 6.04. The molecule has 1 heterocycles. The summed E-state index contributed by atoms with van der Waals surface area (Å²) in [6, 6.07) is 31.0. The Kier molecular flexibility index (Phi) is 4.14. The Morgan fingerprint density at radius 3 is 2.18 bits per heavy atom. The van der Waals surface area contributed by atoms with E-state index in [4.69, 9.17) is 4.98 Å². The molecule has 0 bridgehead atoms. The molecule has 0 spiro atoms. The van der Waals surface area contributed by atoms with Gasteiger partial charge in [-0.1, -0.05) is 101 Å². The zero-order chi connectivity index (χ0) is 23.0. The minimum absolute atomic E-state index is 0.0358. The fraction of sp³-hybridized carbons (Fsp3) is 0.219. The third-order valence-corrected chi connectivity index (χ3v) is 7.33. The third kappa shape index (κ3) is 2.88. The van der Waals surface area contributed by atoms with Crippen molar-refractivity contribution in [2.24, 2.45) is 0 Å². The highest BCUT2D eigenvalue weighted by Gasteiger charge is 2.39. The van der Waals surface area contributed by atoms with Crippen LogP contribution in [0.3, 0.4) is 0 Å². The van der Waals surface area contributed by atoms with Gasteiger partial charge in [-0.15, -0.1) is 0 Å². The molecule has 162 valence electrons. The molecular weight excluding hydrogens is 398 g/mol. The molecule has 0 radical (unpaired) electrons. The number of fused-ring (bicyclic) bond motifs is 6. The topological polar surface area (TPSA) is 12.9 Å². The maximum Gasteiger partial charge on any atom is 0.0757 e. The fourth-order valence-electron chi connectivity index (χ4n) is 5.76. The zero-order valence-electron chi connectivity index (χ0n) is 20.0. The van der Waals surface area contributed by atoms with E-state index in [0.29, 0.717) is 0 Å². The molecule has 0 saturated carbocycles. The predicted octanol–water partition coefficient (Wildman–Crippen LogP) is 8.66. The number of para-hydroxylation sites is 1. The van der Waals surface area contributed by atoms with Gasteiger partial charge in [0.05, 0.1) is 11.2 Å². The van der Waals surface area contributed by atoms with E-state index in [-0.39, 0.29) is 10.8 Å². The molecule has 6 rings (SSSR count). The second kappa shape index (κ2) is 6.78. The summed E-state index contributed by atoms with van der Waals surface area (Å²) in [6.07, 6.45) is 0. The first-order valence-corrected chi connectivity index (χ1v) is 11.8. The number of aromatic nitrogens is 1. The van der Waals surface area contributed by atoms with Crippen molar-refractivity contribution in [3.8, 4) is 22.4 Å². The van der Waals surface area contributed by atoms with Crippen molar-refractivity contribution in [1.29, 1.82) is 0 Å². The van der Waals surface area contributed by atoms with Gasteiger partial charge in [0.15, 0.2) is 0 Å². The molecule has 0 aliphatic heterocycles. The van der Waals surface area contributed by atoms with Crippen LogP contribution < -0.4 is 0 Å². The number of nitrogens with zero attached hydrogens (tertiary/aromatic N) is 1. The lowest BCUT2D eigenvalue weighted by Crippen LogP contribution is -2.17. The van der Waals surface area contributed by atoms with Gasteiger partial charge < -0.3 is 0 Å². The molecule has 0 unspecified atom stereocenters. The largest absolute Gasteiger partial charge is 0.247 e. The highest BCUT2D eigenvalue weighted by atomic mass is 14.7. The molecule has 33 heavy (non-hydrogen) atoms. The van der Waals surface area contributed by atoms with Gasteiger partial charge >= 0.3 is 0 Å². The first kappa shape index (κ1) is 20.2. The van der Waals surface area contributed by atoms with Gasteiger partial charge in [-0.25, -0.2) is 4.98 Å². The molecular formula is C32H29N. The van der Waals surface area contributed by atoms with Crippen molar-refractivity contribution in [3.05, 3.63) is 102 Å². The Morgan fingerprint density at radius 2 is 1.39 bits per heavy atom. The van der Waals surface area contributed by atoms with Crippen LogP contribution in [0.15, 0.2) is 84.9 Å². The summed E-state index contributed by atoms with van der Waals surface area (Å²) in [5.74, 6) is 0. The molecule has 0 amide bonds.